The van der Waals surface area contributed by atoms with Crippen molar-refractivity contribution in [2.45, 2.75) is 45.3 Å². The van der Waals surface area contributed by atoms with E-state index in [2.05, 4.69) is 4.98 Å². The van der Waals surface area contributed by atoms with Crippen LogP contribution < -0.4 is 9.47 Å². The van der Waals surface area contributed by atoms with E-state index in [-0.39, 0.29) is 11.9 Å². The first-order valence-corrected chi connectivity index (χ1v) is 5.45. The van der Waals surface area contributed by atoms with Gasteiger partial charge in [-0.1, -0.05) is 0 Å². The summed E-state index contributed by atoms with van der Waals surface area (Å²) in [6, 6.07) is 0. The third-order valence-corrected chi connectivity index (χ3v) is 2.05. The van der Waals surface area contributed by atoms with E-state index in [0.717, 1.165) is 19.0 Å². The Morgan fingerprint density at radius 2 is 2.00 bits per heavy atom. The van der Waals surface area contributed by atoms with Crippen LogP contribution in [0.15, 0.2) is 12.4 Å². The van der Waals surface area contributed by atoms with Crippen LogP contribution in [-0.2, 0) is 0 Å². The first-order valence-electron chi connectivity index (χ1n) is 5.45. The van der Waals surface area contributed by atoms with Gasteiger partial charge >= 0.3 is 0 Å². The molecule has 4 heteroatoms. The van der Waals surface area contributed by atoms with Crippen molar-refractivity contribution in [2.24, 2.45) is 0 Å². The second-order valence-electron chi connectivity index (χ2n) is 4.98. The van der Waals surface area contributed by atoms with Gasteiger partial charge in [-0.05, 0) is 33.6 Å². The summed E-state index contributed by atoms with van der Waals surface area (Å²) in [5.74, 6) is 0.0832. The summed E-state index contributed by atoms with van der Waals surface area (Å²) in [6.07, 6.45) is 4.88. The maximum absolute atomic E-state index is 13.6. The summed E-state index contributed by atoms with van der Waals surface area (Å²) >= 11 is 0. The molecule has 16 heavy (non-hydrogen) atoms. The maximum Gasteiger partial charge on any atom is 0.201 e. The zero-order chi connectivity index (χ0) is 11.8. The monoisotopic (exact) mass is 225 g/mol. The molecule has 1 fully saturated rings. The van der Waals surface area contributed by atoms with Crippen LogP contribution in [0, 0.1) is 5.82 Å². The highest BCUT2D eigenvalue weighted by Crippen LogP contribution is 2.36. The summed E-state index contributed by atoms with van der Waals surface area (Å²) in [7, 11) is 0. The van der Waals surface area contributed by atoms with Gasteiger partial charge in [0.15, 0.2) is 11.6 Å². The van der Waals surface area contributed by atoms with Crippen molar-refractivity contribution < 1.29 is 13.9 Å². The molecule has 0 bridgehead atoms. The lowest BCUT2D eigenvalue weighted by atomic mass is 10.2. The average Bonchev–Trinajstić information content (AvgIpc) is 2.93. The quantitative estimate of drug-likeness (QED) is 0.792. The molecule has 1 aliphatic carbocycles. The van der Waals surface area contributed by atoms with Crippen LogP contribution in [0.5, 0.6) is 11.5 Å². The summed E-state index contributed by atoms with van der Waals surface area (Å²) < 4.78 is 24.7. The molecule has 3 nitrogen and oxygen atoms in total. The van der Waals surface area contributed by atoms with Crippen LogP contribution in [0.4, 0.5) is 4.39 Å². The van der Waals surface area contributed by atoms with E-state index < -0.39 is 11.4 Å². The molecule has 1 saturated carbocycles. The number of hydrogen-bond acceptors (Lipinski definition) is 3. The van der Waals surface area contributed by atoms with Crippen molar-refractivity contribution in [3.05, 3.63) is 18.2 Å². The van der Waals surface area contributed by atoms with Crippen molar-refractivity contribution in [2.75, 3.05) is 0 Å². The van der Waals surface area contributed by atoms with E-state index >= 15 is 0 Å². The number of hydrogen-bond donors (Lipinski definition) is 0. The smallest absolute Gasteiger partial charge is 0.201 e. The Morgan fingerprint density at radius 3 is 2.56 bits per heavy atom. The topological polar surface area (TPSA) is 31.4 Å². The van der Waals surface area contributed by atoms with Crippen molar-refractivity contribution >= 4 is 0 Å². The molecule has 0 N–H and O–H groups in total. The molecular weight excluding hydrogens is 209 g/mol. The van der Waals surface area contributed by atoms with Gasteiger partial charge in [-0.2, -0.15) is 0 Å². The van der Waals surface area contributed by atoms with E-state index in [1.54, 1.807) is 0 Å². The van der Waals surface area contributed by atoms with E-state index in [4.69, 9.17) is 9.47 Å². The third kappa shape index (κ3) is 2.84. The van der Waals surface area contributed by atoms with Gasteiger partial charge in [0.25, 0.3) is 0 Å². The van der Waals surface area contributed by atoms with Gasteiger partial charge in [0.1, 0.15) is 5.60 Å². The van der Waals surface area contributed by atoms with Crippen LogP contribution in [0.1, 0.15) is 33.6 Å². The van der Waals surface area contributed by atoms with Crippen molar-refractivity contribution in [1.82, 2.24) is 4.98 Å². The second-order valence-corrected chi connectivity index (χ2v) is 4.98. The molecule has 0 amide bonds. The highest BCUT2D eigenvalue weighted by Gasteiger charge is 2.27. The molecule has 88 valence electrons. The first-order chi connectivity index (χ1) is 7.46. The Hall–Kier alpha value is -1.32. The van der Waals surface area contributed by atoms with Crippen molar-refractivity contribution in [3.8, 4) is 11.5 Å². The molecule has 0 aromatic carbocycles. The molecular formula is C12H16FNO2. The minimum Gasteiger partial charge on any atom is -0.485 e. The Balaban J connectivity index is 2.24. The SMILES string of the molecule is CC(C)(C)Oc1c(F)cncc1OC1CC1. The summed E-state index contributed by atoms with van der Waals surface area (Å²) in [5.41, 5.74) is -0.455. The predicted octanol–water partition coefficient (Wildman–Crippen LogP) is 2.94. The van der Waals surface area contributed by atoms with Crippen LogP contribution in [0.3, 0.4) is 0 Å². The van der Waals surface area contributed by atoms with Crippen molar-refractivity contribution in [1.29, 1.82) is 0 Å². The second kappa shape index (κ2) is 3.92. The molecule has 0 unspecified atom stereocenters. The number of nitrogens with zero attached hydrogens (tertiary/aromatic N) is 1. The fraction of sp³-hybridized carbons (Fsp3) is 0.583. The van der Waals surface area contributed by atoms with Crippen molar-refractivity contribution in [3.63, 3.8) is 0 Å². The zero-order valence-electron chi connectivity index (χ0n) is 9.79. The van der Waals surface area contributed by atoms with Crippen LogP contribution in [-0.4, -0.2) is 16.7 Å². The predicted molar refractivity (Wildman–Crippen MR) is 58.2 cm³/mol. The fourth-order valence-corrected chi connectivity index (χ4v) is 1.26. The Labute approximate surface area is 94.6 Å². The molecule has 1 aliphatic rings. The fourth-order valence-electron chi connectivity index (χ4n) is 1.26. The molecule has 0 spiro atoms. The molecule has 1 aromatic heterocycles. The van der Waals surface area contributed by atoms with E-state index in [9.17, 15) is 4.39 Å². The molecule has 0 saturated heterocycles. The average molecular weight is 225 g/mol. The standard InChI is InChI=1S/C12H16FNO2/c1-12(2,3)16-11-9(13)6-14-7-10(11)15-8-4-5-8/h6-8H,4-5H2,1-3H3. The van der Waals surface area contributed by atoms with Gasteiger partial charge in [0.05, 0.1) is 18.5 Å². The summed E-state index contributed by atoms with van der Waals surface area (Å²) in [5, 5.41) is 0. The molecule has 0 atom stereocenters. The Kier molecular flexibility index (Phi) is 2.74. The lowest BCUT2D eigenvalue weighted by Crippen LogP contribution is -2.24. The minimum atomic E-state index is -0.479. The van der Waals surface area contributed by atoms with Gasteiger partial charge in [0.2, 0.25) is 5.75 Å². The van der Waals surface area contributed by atoms with Gasteiger partial charge in [0, 0.05) is 0 Å². The van der Waals surface area contributed by atoms with Gasteiger partial charge in [-0.15, -0.1) is 0 Å². The largest absolute Gasteiger partial charge is 0.485 e. The van der Waals surface area contributed by atoms with Gasteiger partial charge < -0.3 is 9.47 Å². The highest BCUT2D eigenvalue weighted by molar-refractivity contribution is 5.38. The number of ether oxygens (including phenoxy) is 2. The Bertz CT molecular complexity index is 383. The number of halogens is 1. The van der Waals surface area contributed by atoms with Crippen LogP contribution in [0.2, 0.25) is 0 Å². The molecule has 2 rings (SSSR count). The zero-order valence-corrected chi connectivity index (χ0v) is 9.79. The lowest BCUT2D eigenvalue weighted by Gasteiger charge is -2.23. The third-order valence-electron chi connectivity index (χ3n) is 2.05. The highest BCUT2D eigenvalue weighted by atomic mass is 19.1. The van der Waals surface area contributed by atoms with Gasteiger partial charge in [-0.25, -0.2) is 4.39 Å². The molecule has 1 aromatic rings. The lowest BCUT2D eigenvalue weighted by molar-refractivity contribution is 0.115. The molecule has 0 aliphatic heterocycles. The van der Waals surface area contributed by atoms with E-state index in [1.165, 1.54) is 6.20 Å². The minimum absolute atomic E-state index is 0.161. The number of aromatic nitrogens is 1. The maximum atomic E-state index is 13.6. The normalized spacial score (nSPS) is 16.0. The van der Waals surface area contributed by atoms with E-state index in [0.29, 0.717) is 5.75 Å². The molecule has 0 radical (unpaired) electrons. The van der Waals surface area contributed by atoms with Gasteiger partial charge in [-0.3, -0.25) is 4.98 Å². The molecule has 1 heterocycles. The number of rotatable bonds is 3. The van der Waals surface area contributed by atoms with Crippen LogP contribution in [0.25, 0.3) is 0 Å². The van der Waals surface area contributed by atoms with Crippen LogP contribution >= 0.6 is 0 Å². The summed E-state index contributed by atoms with van der Waals surface area (Å²) in [4.78, 5) is 3.78. The number of pyridine rings is 1. The summed E-state index contributed by atoms with van der Waals surface area (Å²) in [6.45, 7) is 5.61. The van der Waals surface area contributed by atoms with E-state index in [1.807, 2.05) is 20.8 Å². The Morgan fingerprint density at radius 1 is 1.31 bits per heavy atom. The first kappa shape index (κ1) is 11.2.